The number of rotatable bonds is 7. The Balaban J connectivity index is 1.56. The molecule has 0 aromatic heterocycles. The molecule has 126 valence electrons. The molecule has 0 atom stereocenters. The van der Waals surface area contributed by atoms with Crippen LogP contribution in [-0.4, -0.2) is 12.5 Å². The number of benzene rings is 3. The summed E-state index contributed by atoms with van der Waals surface area (Å²) in [5.41, 5.74) is 1.64. The highest BCUT2D eigenvalue weighted by atomic mass is 16.5. The first kappa shape index (κ1) is 16.7. The van der Waals surface area contributed by atoms with Crippen molar-refractivity contribution < 1.29 is 14.3 Å². The molecular weight excluding hydrogens is 314 g/mol. The van der Waals surface area contributed by atoms with Gasteiger partial charge in [-0.05, 0) is 29.8 Å². The average Bonchev–Trinajstić information content (AvgIpc) is 2.65. The number of hydrogen-bond donors (Lipinski definition) is 1. The summed E-state index contributed by atoms with van der Waals surface area (Å²) in [6.45, 7) is 0.380. The van der Waals surface area contributed by atoms with Crippen LogP contribution in [0.1, 0.15) is 5.56 Å². The first-order valence-corrected chi connectivity index (χ1v) is 8.05. The van der Waals surface area contributed by atoms with E-state index in [2.05, 4.69) is 5.32 Å². The van der Waals surface area contributed by atoms with Gasteiger partial charge in [-0.2, -0.15) is 0 Å². The van der Waals surface area contributed by atoms with Crippen molar-refractivity contribution in [3.8, 4) is 11.5 Å². The maximum atomic E-state index is 12.1. The van der Waals surface area contributed by atoms with Crippen LogP contribution in [0.3, 0.4) is 0 Å². The summed E-state index contributed by atoms with van der Waals surface area (Å²) in [6.07, 6.45) is 0. The van der Waals surface area contributed by atoms with E-state index >= 15 is 0 Å². The van der Waals surface area contributed by atoms with E-state index in [1.807, 2.05) is 78.9 Å². The molecule has 0 spiro atoms. The fourth-order valence-corrected chi connectivity index (χ4v) is 2.30. The summed E-state index contributed by atoms with van der Waals surface area (Å²) in [5.74, 6) is 1.08. The number of anilines is 1. The molecule has 0 bridgehead atoms. The van der Waals surface area contributed by atoms with Crippen LogP contribution in [0, 0.1) is 0 Å². The number of carbonyl (C=O) groups excluding carboxylic acids is 1. The lowest BCUT2D eigenvalue weighted by Gasteiger charge is -2.12. The summed E-state index contributed by atoms with van der Waals surface area (Å²) < 4.78 is 11.3. The number of nitrogens with one attached hydrogen (secondary N) is 1. The fraction of sp³-hybridized carbons (Fsp3) is 0.0952. The molecule has 0 heterocycles. The van der Waals surface area contributed by atoms with Crippen LogP contribution in [0.2, 0.25) is 0 Å². The lowest BCUT2D eigenvalue weighted by atomic mass is 10.2. The zero-order valence-corrected chi connectivity index (χ0v) is 13.7. The Morgan fingerprint density at radius 2 is 1.44 bits per heavy atom. The van der Waals surface area contributed by atoms with Crippen LogP contribution in [-0.2, 0) is 16.1 Å². The second-order valence-corrected chi connectivity index (χ2v) is 5.44. The minimum atomic E-state index is -0.222. The van der Waals surface area contributed by atoms with Gasteiger partial charge in [0.15, 0.2) is 5.75 Å². The van der Waals surface area contributed by atoms with Crippen LogP contribution >= 0.6 is 0 Å². The van der Waals surface area contributed by atoms with E-state index in [1.54, 1.807) is 6.07 Å². The average molecular weight is 333 g/mol. The monoisotopic (exact) mass is 333 g/mol. The van der Waals surface area contributed by atoms with E-state index in [-0.39, 0.29) is 12.5 Å². The molecule has 1 N–H and O–H groups in total. The fourth-order valence-electron chi connectivity index (χ4n) is 2.30. The van der Waals surface area contributed by atoms with Gasteiger partial charge in [0.2, 0.25) is 5.91 Å². The van der Waals surface area contributed by atoms with Crippen molar-refractivity contribution in [2.24, 2.45) is 0 Å². The Kier molecular flexibility index (Phi) is 5.80. The van der Waals surface area contributed by atoms with Crippen LogP contribution < -0.4 is 10.1 Å². The lowest BCUT2D eigenvalue weighted by molar-refractivity contribution is -0.121. The van der Waals surface area contributed by atoms with E-state index in [0.717, 1.165) is 5.56 Å². The highest BCUT2D eigenvalue weighted by Gasteiger charge is 2.08. The third-order valence-electron chi connectivity index (χ3n) is 3.48. The zero-order chi connectivity index (χ0) is 17.3. The summed E-state index contributed by atoms with van der Waals surface area (Å²) in [7, 11) is 0. The summed E-state index contributed by atoms with van der Waals surface area (Å²) in [4.78, 5) is 12.1. The molecule has 0 unspecified atom stereocenters. The number of carbonyl (C=O) groups is 1. The van der Waals surface area contributed by atoms with Gasteiger partial charge in [0.25, 0.3) is 0 Å². The van der Waals surface area contributed by atoms with Gasteiger partial charge in [-0.15, -0.1) is 0 Å². The standard InChI is InChI=1S/C21H19NO3/c23-21(16-24-15-17-9-3-1-4-10-17)22-19-13-7-8-14-20(19)25-18-11-5-2-6-12-18/h1-14H,15-16H2,(H,22,23). The van der Waals surface area contributed by atoms with Gasteiger partial charge in [0.05, 0.1) is 12.3 Å². The van der Waals surface area contributed by atoms with Gasteiger partial charge in [0, 0.05) is 0 Å². The maximum Gasteiger partial charge on any atom is 0.250 e. The minimum Gasteiger partial charge on any atom is -0.455 e. The van der Waals surface area contributed by atoms with Crippen LogP contribution in [0.25, 0.3) is 0 Å². The van der Waals surface area contributed by atoms with Crippen molar-refractivity contribution >= 4 is 11.6 Å². The Morgan fingerprint density at radius 1 is 0.800 bits per heavy atom. The quantitative estimate of drug-likeness (QED) is 0.685. The molecule has 0 fully saturated rings. The molecular formula is C21H19NO3. The van der Waals surface area contributed by atoms with Crippen molar-refractivity contribution in [2.45, 2.75) is 6.61 Å². The zero-order valence-electron chi connectivity index (χ0n) is 13.7. The predicted octanol–water partition coefficient (Wildman–Crippen LogP) is 4.63. The molecule has 0 radical (unpaired) electrons. The Labute approximate surface area is 147 Å². The van der Waals surface area contributed by atoms with Crippen molar-refractivity contribution in [1.82, 2.24) is 0 Å². The molecule has 4 nitrogen and oxygen atoms in total. The molecule has 0 aliphatic carbocycles. The molecule has 25 heavy (non-hydrogen) atoms. The predicted molar refractivity (Wildman–Crippen MR) is 97.7 cm³/mol. The first-order valence-electron chi connectivity index (χ1n) is 8.05. The van der Waals surface area contributed by atoms with Crippen LogP contribution in [0.15, 0.2) is 84.9 Å². The molecule has 0 saturated carbocycles. The highest BCUT2D eigenvalue weighted by Crippen LogP contribution is 2.28. The second-order valence-electron chi connectivity index (χ2n) is 5.44. The maximum absolute atomic E-state index is 12.1. The molecule has 1 amide bonds. The minimum absolute atomic E-state index is 0.0193. The largest absolute Gasteiger partial charge is 0.455 e. The van der Waals surface area contributed by atoms with Crippen molar-refractivity contribution in [1.29, 1.82) is 0 Å². The van der Waals surface area contributed by atoms with Crippen LogP contribution in [0.5, 0.6) is 11.5 Å². The normalized spacial score (nSPS) is 10.2. The molecule has 0 saturated heterocycles. The summed E-state index contributed by atoms with van der Waals surface area (Å²) >= 11 is 0. The number of amides is 1. The smallest absolute Gasteiger partial charge is 0.250 e. The van der Waals surface area contributed by atoms with Crippen LogP contribution in [0.4, 0.5) is 5.69 Å². The molecule has 0 aliphatic heterocycles. The number of hydrogen-bond acceptors (Lipinski definition) is 3. The molecule has 3 rings (SSSR count). The van der Waals surface area contributed by atoms with Crippen molar-refractivity contribution in [3.63, 3.8) is 0 Å². The third-order valence-corrected chi connectivity index (χ3v) is 3.48. The van der Waals surface area contributed by atoms with Gasteiger partial charge in [0.1, 0.15) is 12.4 Å². The van der Waals surface area contributed by atoms with E-state index in [1.165, 1.54) is 0 Å². The van der Waals surface area contributed by atoms with E-state index < -0.39 is 0 Å². The summed E-state index contributed by atoms with van der Waals surface area (Å²) in [6, 6.07) is 26.5. The molecule has 3 aromatic carbocycles. The number of ether oxygens (including phenoxy) is 2. The van der Waals surface area contributed by atoms with E-state index in [9.17, 15) is 4.79 Å². The van der Waals surface area contributed by atoms with E-state index in [4.69, 9.17) is 9.47 Å². The van der Waals surface area contributed by atoms with Crippen molar-refractivity contribution in [2.75, 3.05) is 11.9 Å². The number of para-hydroxylation sites is 3. The Morgan fingerprint density at radius 3 is 2.20 bits per heavy atom. The van der Waals surface area contributed by atoms with E-state index in [0.29, 0.717) is 23.8 Å². The molecule has 3 aromatic rings. The van der Waals surface area contributed by atoms with Gasteiger partial charge in [-0.1, -0.05) is 60.7 Å². The van der Waals surface area contributed by atoms with Gasteiger partial charge in [-0.3, -0.25) is 4.79 Å². The third kappa shape index (κ3) is 5.19. The van der Waals surface area contributed by atoms with Gasteiger partial charge >= 0.3 is 0 Å². The Hall–Kier alpha value is -3.11. The first-order chi connectivity index (χ1) is 12.3. The molecule has 0 aliphatic rings. The lowest BCUT2D eigenvalue weighted by Crippen LogP contribution is -2.18. The summed E-state index contributed by atoms with van der Waals surface area (Å²) in [5, 5.41) is 2.83. The molecule has 4 heteroatoms. The van der Waals surface area contributed by atoms with Gasteiger partial charge < -0.3 is 14.8 Å². The topological polar surface area (TPSA) is 47.6 Å². The van der Waals surface area contributed by atoms with Gasteiger partial charge in [-0.25, -0.2) is 0 Å². The SMILES string of the molecule is O=C(COCc1ccccc1)Nc1ccccc1Oc1ccccc1. The second kappa shape index (κ2) is 8.66. The Bertz CT molecular complexity index is 804. The van der Waals surface area contributed by atoms with Crippen molar-refractivity contribution in [3.05, 3.63) is 90.5 Å². The highest BCUT2D eigenvalue weighted by molar-refractivity contribution is 5.93.